The Hall–Kier alpha value is -3.16. The van der Waals surface area contributed by atoms with E-state index in [0.717, 1.165) is 0 Å². The first-order chi connectivity index (χ1) is 13.6. The lowest BCUT2D eigenvalue weighted by Crippen LogP contribution is -2.50. The zero-order chi connectivity index (χ0) is 19.9. The van der Waals surface area contributed by atoms with Crippen molar-refractivity contribution in [2.75, 3.05) is 38.1 Å². The van der Waals surface area contributed by atoms with Crippen molar-refractivity contribution in [3.05, 3.63) is 59.5 Å². The number of carbonyl (C=O) groups excluding carboxylic acids is 2. The number of halogens is 1. The van der Waals surface area contributed by atoms with Crippen molar-refractivity contribution in [1.29, 1.82) is 0 Å². The maximum Gasteiger partial charge on any atom is 0.409 e. The third kappa shape index (κ3) is 4.76. The summed E-state index contributed by atoms with van der Waals surface area (Å²) >= 11 is 0. The maximum atomic E-state index is 13.6. The first-order valence-corrected chi connectivity index (χ1v) is 9.22. The number of rotatable bonds is 5. The fourth-order valence-electron chi connectivity index (χ4n) is 2.94. The molecule has 0 atom stereocenters. The van der Waals surface area contributed by atoms with E-state index >= 15 is 0 Å². The number of hydrogen-bond acceptors (Lipinski definition) is 5. The van der Waals surface area contributed by atoms with Gasteiger partial charge < -0.3 is 19.9 Å². The number of pyridine rings is 1. The smallest absolute Gasteiger partial charge is 0.409 e. The fraction of sp³-hybridized carbons (Fsp3) is 0.350. The monoisotopic (exact) mass is 386 g/mol. The van der Waals surface area contributed by atoms with Gasteiger partial charge in [-0.15, -0.1) is 0 Å². The van der Waals surface area contributed by atoms with Crippen molar-refractivity contribution in [3.8, 4) is 0 Å². The quantitative estimate of drug-likeness (QED) is 0.855. The van der Waals surface area contributed by atoms with Crippen LogP contribution in [0.4, 0.5) is 15.0 Å². The van der Waals surface area contributed by atoms with Crippen molar-refractivity contribution >= 4 is 17.8 Å². The number of ether oxygens (including phenoxy) is 1. The molecule has 0 aliphatic carbocycles. The van der Waals surface area contributed by atoms with Gasteiger partial charge >= 0.3 is 6.09 Å². The van der Waals surface area contributed by atoms with Crippen LogP contribution < -0.4 is 5.32 Å². The Morgan fingerprint density at radius 3 is 2.46 bits per heavy atom. The topological polar surface area (TPSA) is 74.8 Å². The van der Waals surface area contributed by atoms with Crippen LogP contribution in [0.5, 0.6) is 0 Å². The summed E-state index contributed by atoms with van der Waals surface area (Å²) in [4.78, 5) is 31.9. The number of carbonyl (C=O) groups is 2. The first kappa shape index (κ1) is 19.6. The van der Waals surface area contributed by atoms with E-state index in [0.29, 0.717) is 56.3 Å². The van der Waals surface area contributed by atoms with Crippen molar-refractivity contribution in [2.24, 2.45) is 0 Å². The van der Waals surface area contributed by atoms with Crippen molar-refractivity contribution in [2.45, 2.75) is 13.5 Å². The Labute approximate surface area is 163 Å². The number of aromatic nitrogens is 1. The molecule has 1 aromatic carbocycles. The van der Waals surface area contributed by atoms with Gasteiger partial charge in [-0.2, -0.15) is 0 Å². The molecule has 1 aliphatic rings. The van der Waals surface area contributed by atoms with Gasteiger partial charge in [0, 0.05) is 44.5 Å². The third-order valence-electron chi connectivity index (χ3n) is 4.52. The second-order valence-electron chi connectivity index (χ2n) is 6.36. The minimum absolute atomic E-state index is 0.128. The van der Waals surface area contributed by atoms with Gasteiger partial charge in [0.1, 0.15) is 11.6 Å². The molecule has 2 heterocycles. The van der Waals surface area contributed by atoms with E-state index < -0.39 is 0 Å². The average Bonchev–Trinajstić information content (AvgIpc) is 2.73. The van der Waals surface area contributed by atoms with Crippen LogP contribution in [-0.2, 0) is 11.3 Å². The minimum Gasteiger partial charge on any atom is -0.450 e. The standard InChI is InChI=1S/C20H23FN4O3/c1-2-28-20(27)25-11-9-24(10-12-25)19(26)16-7-8-18(23-14-16)22-13-15-5-3-4-6-17(15)21/h3-8,14H,2,9-13H2,1H3,(H,22,23). The summed E-state index contributed by atoms with van der Waals surface area (Å²) in [6.07, 6.45) is 1.16. The Kier molecular flexibility index (Phi) is 6.41. The number of benzene rings is 1. The lowest BCUT2D eigenvalue weighted by atomic mass is 10.2. The van der Waals surface area contributed by atoms with E-state index in [-0.39, 0.29) is 17.8 Å². The second kappa shape index (κ2) is 9.16. The zero-order valence-electron chi connectivity index (χ0n) is 15.7. The predicted octanol–water partition coefficient (Wildman–Crippen LogP) is 2.75. The van der Waals surface area contributed by atoms with E-state index in [1.807, 2.05) is 0 Å². The number of amides is 2. The van der Waals surface area contributed by atoms with Crippen LogP contribution in [0.3, 0.4) is 0 Å². The number of nitrogens with one attached hydrogen (secondary N) is 1. The van der Waals surface area contributed by atoms with E-state index in [9.17, 15) is 14.0 Å². The molecule has 1 saturated heterocycles. The summed E-state index contributed by atoms with van der Waals surface area (Å²) < 4.78 is 18.6. The molecule has 0 saturated carbocycles. The molecule has 1 aromatic heterocycles. The van der Waals surface area contributed by atoms with Gasteiger partial charge in [0.05, 0.1) is 12.2 Å². The molecule has 148 valence electrons. The lowest BCUT2D eigenvalue weighted by Gasteiger charge is -2.34. The van der Waals surface area contributed by atoms with Gasteiger partial charge in [0.15, 0.2) is 0 Å². The van der Waals surface area contributed by atoms with Gasteiger partial charge in [0.25, 0.3) is 5.91 Å². The van der Waals surface area contributed by atoms with Crippen LogP contribution in [0.1, 0.15) is 22.8 Å². The van der Waals surface area contributed by atoms with E-state index in [4.69, 9.17) is 4.74 Å². The SMILES string of the molecule is CCOC(=O)N1CCN(C(=O)c2ccc(NCc3ccccc3F)nc2)CC1. The third-order valence-corrected chi connectivity index (χ3v) is 4.52. The Balaban J connectivity index is 1.53. The molecular formula is C20H23FN4O3. The molecule has 7 nitrogen and oxygen atoms in total. The molecule has 0 spiro atoms. The molecule has 1 N–H and O–H groups in total. The minimum atomic E-state index is -0.346. The van der Waals surface area contributed by atoms with E-state index in [2.05, 4.69) is 10.3 Å². The number of hydrogen-bond donors (Lipinski definition) is 1. The Morgan fingerprint density at radius 2 is 1.82 bits per heavy atom. The molecule has 2 amide bonds. The van der Waals surface area contributed by atoms with Crippen LogP contribution in [-0.4, -0.2) is 59.6 Å². The molecule has 0 bridgehead atoms. The molecule has 28 heavy (non-hydrogen) atoms. The van der Waals surface area contributed by atoms with Crippen molar-refractivity contribution < 1.29 is 18.7 Å². The molecule has 8 heteroatoms. The lowest BCUT2D eigenvalue weighted by molar-refractivity contribution is 0.0570. The van der Waals surface area contributed by atoms with E-state index in [1.54, 1.807) is 47.1 Å². The van der Waals surface area contributed by atoms with Gasteiger partial charge in [0.2, 0.25) is 0 Å². The highest BCUT2D eigenvalue weighted by atomic mass is 19.1. The van der Waals surface area contributed by atoms with Crippen LogP contribution in [0, 0.1) is 5.82 Å². The molecule has 1 aliphatic heterocycles. The highest BCUT2D eigenvalue weighted by Gasteiger charge is 2.25. The number of nitrogens with zero attached hydrogens (tertiary/aromatic N) is 3. The normalized spacial score (nSPS) is 13.9. The summed E-state index contributed by atoms with van der Waals surface area (Å²) in [5, 5.41) is 3.04. The molecule has 2 aromatic rings. The number of piperazine rings is 1. The molecule has 0 radical (unpaired) electrons. The van der Waals surface area contributed by atoms with Gasteiger partial charge in [-0.1, -0.05) is 18.2 Å². The van der Waals surface area contributed by atoms with Crippen LogP contribution in [0.2, 0.25) is 0 Å². The van der Waals surface area contributed by atoms with Crippen molar-refractivity contribution in [1.82, 2.24) is 14.8 Å². The van der Waals surface area contributed by atoms with E-state index in [1.165, 1.54) is 12.3 Å². The first-order valence-electron chi connectivity index (χ1n) is 9.22. The summed E-state index contributed by atoms with van der Waals surface area (Å²) in [5.74, 6) is 0.160. The Morgan fingerprint density at radius 1 is 1.11 bits per heavy atom. The molecule has 0 unspecified atom stereocenters. The van der Waals surface area contributed by atoms with Crippen LogP contribution in [0.15, 0.2) is 42.6 Å². The highest BCUT2D eigenvalue weighted by Crippen LogP contribution is 2.13. The largest absolute Gasteiger partial charge is 0.450 e. The molecular weight excluding hydrogens is 363 g/mol. The fourth-order valence-corrected chi connectivity index (χ4v) is 2.94. The van der Waals surface area contributed by atoms with Gasteiger partial charge in [-0.05, 0) is 25.1 Å². The summed E-state index contributed by atoms with van der Waals surface area (Å²) in [6, 6.07) is 9.92. The average molecular weight is 386 g/mol. The predicted molar refractivity (Wildman–Crippen MR) is 102 cm³/mol. The summed E-state index contributed by atoms with van der Waals surface area (Å²) in [5.41, 5.74) is 1.02. The zero-order valence-corrected chi connectivity index (χ0v) is 15.7. The Bertz CT molecular complexity index is 820. The maximum absolute atomic E-state index is 13.6. The summed E-state index contributed by atoms with van der Waals surface area (Å²) in [6.45, 7) is 4.19. The van der Waals surface area contributed by atoms with Crippen LogP contribution in [0.25, 0.3) is 0 Å². The molecule has 3 rings (SSSR count). The summed E-state index contributed by atoms with van der Waals surface area (Å²) in [7, 11) is 0. The van der Waals surface area contributed by atoms with Crippen molar-refractivity contribution in [3.63, 3.8) is 0 Å². The van der Waals surface area contributed by atoms with Gasteiger partial charge in [-0.25, -0.2) is 14.2 Å². The van der Waals surface area contributed by atoms with Gasteiger partial charge in [-0.3, -0.25) is 4.79 Å². The second-order valence-corrected chi connectivity index (χ2v) is 6.36. The highest BCUT2D eigenvalue weighted by molar-refractivity contribution is 5.94. The molecule has 1 fully saturated rings. The van der Waals surface area contributed by atoms with Crippen LogP contribution >= 0.6 is 0 Å². The number of anilines is 1.